The summed E-state index contributed by atoms with van der Waals surface area (Å²) < 4.78 is 0. The molecule has 5 heteroatoms. The lowest BCUT2D eigenvalue weighted by atomic mass is 10.2. The molecule has 2 N–H and O–H groups in total. The molecule has 2 amide bonds. The van der Waals surface area contributed by atoms with Gasteiger partial charge in [0.2, 0.25) is 11.8 Å². The Hall–Kier alpha value is -1.10. The fraction of sp³-hybridized carbons (Fsp3) is 0.556. The highest BCUT2D eigenvalue weighted by Crippen LogP contribution is 2.08. The van der Waals surface area contributed by atoms with Crippen molar-refractivity contribution in [1.29, 1.82) is 0 Å². The topological polar surface area (TPSA) is 58.2 Å². The van der Waals surface area contributed by atoms with Crippen LogP contribution in [0.1, 0.15) is 13.8 Å². The number of nitrogens with one attached hydrogen (secondary N) is 2. The predicted octanol–water partition coefficient (Wildman–Crippen LogP) is -0.785. The molecule has 0 aromatic carbocycles. The quantitative estimate of drug-likeness (QED) is 0.470. The molecule has 0 radical (unpaired) electrons. The van der Waals surface area contributed by atoms with E-state index in [1.165, 1.54) is 6.92 Å². The van der Waals surface area contributed by atoms with E-state index in [-0.39, 0.29) is 17.4 Å². The van der Waals surface area contributed by atoms with Gasteiger partial charge in [-0.25, -0.2) is 0 Å². The zero-order chi connectivity index (χ0) is 11.7. The van der Waals surface area contributed by atoms with Crippen molar-refractivity contribution >= 4 is 22.1 Å². The summed E-state index contributed by atoms with van der Waals surface area (Å²) in [4.78, 5) is 20.5. The molecule has 0 aromatic rings. The van der Waals surface area contributed by atoms with Gasteiger partial charge in [-0.3, -0.25) is 9.59 Å². The number of hydrogen-bond acceptors (Lipinski definition) is 2. The van der Waals surface area contributed by atoms with Crippen LogP contribution in [0.25, 0.3) is 0 Å². The average molecular weight is 216 g/mol. The summed E-state index contributed by atoms with van der Waals surface area (Å²) in [5.74, 6) is 0.0965. The maximum absolute atomic E-state index is 10.8. The molecule has 4 nitrogen and oxygen atoms in total. The van der Waals surface area contributed by atoms with E-state index in [2.05, 4.69) is 17.2 Å². The molecule has 0 heterocycles. The summed E-state index contributed by atoms with van der Waals surface area (Å²) in [6.07, 6.45) is 0. The van der Waals surface area contributed by atoms with Crippen LogP contribution in [0.2, 0.25) is 5.54 Å². The third-order valence-corrected chi connectivity index (χ3v) is 3.24. The molecular formula is C9H20N2O2Si. The summed E-state index contributed by atoms with van der Waals surface area (Å²) in [6, 6.07) is 0. The maximum Gasteiger partial charge on any atom is 0.223 e. The van der Waals surface area contributed by atoms with Gasteiger partial charge in [-0.2, -0.15) is 0 Å². The van der Waals surface area contributed by atoms with Gasteiger partial charge in [-0.15, -0.1) is 0 Å². The fourth-order valence-corrected chi connectivity index (χ4v) is 0.729. The van der Waals surface area contributed by atoms with Gasteiger partial charge in [0.25, 0.3) is 0 Å². The highest BCUT2D eigenvalue weighted by atomic mass is 28.1. The standard InChI is InChI=1S/C6H13NOSi.C3H7NO/c1-4(2)5(9)6(8)7-3;1-3(5)4-2/h5H,1H2,2-3,9H3,(H,7,8);1-2H3,(H,4,5). The van der Waals surface area contributed by atoms with Gasteiger partial charge in [-0.1, -0.05) is 12.2 Å². The van der Waals surface area contributed by atoms with E-state index in [0.29, 0.717) is 0 Å². The van der Waals surface area contributed by atoms with Gasteiger partial charge < -0.3 is 10.6 Å². The van der Waals surface area contributed by atoms with E-state index in [9.17, 15) is 9.59 Å². The Morgan fingerprint density at radius 2 is 1.57 bits per heavy atom. The van der Waals surface area contributed by atoms with E-state index < -0.39 is 0 Å². The van der Waals surface area contributed by atoms with Crippen molar-refractivity contribution in [3.63, 3.8) is 0 Å². The predicted molar refractivity (Wildman–Crippen MR) is 62.3 cm³/mol. The number of carbonyl (C=O) groups is 2. The van der Waals surface area contributed by atoms with Gasteiger partial charge in [0.15, 0.2) is 0 Å². The van der Waals surface area contributed by atoms with Crippen LogP contribution in [0.15, 0.2) is 12.2 Å². The van der Waals surface area contributed by atoms with Gasteiger partial charge in [0, 0.05) is 36.8 Å². The van der Waals surface area contributed by atoms with Crippen LogP contribution in [-0.4, -0.2) is 36.2 Å². The van der Waals surface area contributed by atoms with Crippen LogP contribution >= 0.6 is 0 Å². The lowest BCUT2D eigenvalue weighted by Crippen LogP contribution is -2.23. The minimum Gasteiger partial charge on any atom is -0.359 e. The second kappa shape index (κ2) is 8.49. The first-order chi connectivity index (χ1) is 6.36. The molecule has 0 aliphatic rings. The fourth-order valence-electron chi connectivity index (χ4n) is 0.440. The van der Waals surface area contributed by atoms with E-state index in [0.717, 1.165) is 15.8 Å². The van der Waals surface area contributed by atoms with Crippen LogP contribution in [0.4, 0.5) is 0 Å². The van der Waals surface area contributed by atoms with Crippen LogP contribution in [0, 0.1) is 0 Å². The number of amides is 2. The van der Waals surface area contributed by atoms with E-state index in [4.69, 9.17) is 0 Å². The summed E-state index contributed by atoms with van der Waals surface area (Å²) >= 11 is 0. The van der Waals surface area contributed by atoms with Crippen LogP contribution < -0.4 is 10.6 Å². The van der Waals surface area contributed by atoms with Gasteiger partial charge in [0.05, 0.1) is 0 Å². The molecule has 0 rings (SSSR count). The minimum atomic E-state index is 0.00463. The molecule has 82 valence electrons. The van der Waals surface area contributed by atoms with Crippen LogP contribution in [-0.2, 0) is 9.59 Å². The normalized spacial score (nSPS) is 10.6. The first-order valence-corrected chi connectivity index (χ1v) is 5.57. The molecule has 0 aliphatic heterocycles. The molecule has 14 heavy (non-hydrogen) atoms. The third-order valence-electron chi connectivity index (χ3n) is 1.73. The van der Waals surface area contributed by atoms with E-state index in [1.54, 1.807) is 14.1 Å². The van der Waals surface area contributed by atoms with Crippen molar-refractivity contribution in [3.8, 4) is 0 Å². The molecule has 0 saturated heterocycles. The highest BCUT2D eigenvalue weighted by molar-refractivity contribution is 6.25. The van der Waals surface area contributed by atoms with Crippen molar-refractivity contribution in [2.24, 2.45) is 0 Å². The molecule has 0 spiro atoms. The maximum atomic E-state index is 10.8. The number of hydrogen-bond donors (Lipinski definition) is 2. The van der Waals surface area contributed by atoms with Crippen molar-refractivity contribution in [2.45, 2.75) is 19.4 Å². The second-order valence-corrected chi connectivity index (χ2v) is 4.14. The van der Waals surface area contributed by atoms with Crippen molar-refractivity contribution in [3.05, 3.63) is 12.2 Å². The molecular weight excluding hydrogens is 196 g/mol. The monoisotopic (exact) mass is 216 g/mol. The first kappa shape index (κ1) is 15.4. The number of rotatable bonds is 2. The minimum absolute atomic E-state index is 0.00463. The Bertz CT molecular complexity index is 217. The van der Waals surface area contributed by atoms with Crippen LogP contribution in [0.5, 0.6) is 0 Å². The smallest absolute Gasteiger partial charge is 0.223 e. The van der Waals surface area contributed by atoms with Gasteiger partial charge in [0.1, 0.15) is 0 Å². The molecule has 0 bridgehead atoms. The average Bonchev–Trinajstić information content (AvgIpc) is 2.16. The summed E-state index contributed by atoms with van der Waals surface area (Å²) in [7, 11) is 4.10. The SMILES string of the molecule is C=C(C)C([SiH3])C(=O)NC.CNC(C)=O. The first-order valence-electron chi connectivity index (χ1n) is 4.42. The Morgan fingerprint density at radius 3 is 1.64 bits per heavy atom. The van der Waals surface area contributed by atoms with Crippen molar-refractivity contribution in [2.75, 3.05) is 14.1 Å². The Kier molecular flexibility index (Phi) is 9.33. The summed E-state index contributed by atoms with van der Waals surface area (Å²) in [5.41, 5.74) is 1.04. The lowest BCUT2D eigenvalue weighted by molar-refractivity contribution is -0.120. The zero-order valence-electron chi connectivity index (χ0n) is 9.60. The van der Waals surface area contributed by atoms with Gasteiger partial charge in [-0.05, 0) is 6.92 Å². The molecule has 1 unspecified atom stereocenters. The molecule has 1 atom stereocenters. The highest BCUT2D eigenvalue weighted by Gasteiger charge is 2.09. The molecule has 0 aliphatic carbocycles. The Balaban J connectivity index is 0. The molecule has 0 aromatic heterocycles. The lowest BCUT2D eigenvalue weighted by Gasteiger charge is -2.07. The second-order valence-electron chi connectivity index (χ2n) is 2.99. The van der Waals surface area contributed by atoms with E-state index >= 15 is 0 Å². The third kappa shape index (κ3) is 8.99. The van der Waals surface area contributed by atoms with Crippen molar-refractivity contribution in [1.82, 2.24) is 10.6 Å². The Labute approximate surface area is 88.6 Å². The van der Waals surface area contributed by atoms with Crippen LogP contribution in [0.3, 0.4) is 0 Å². The zero-order valence-corrected chi connectivity index (χ0v) is 11.6. The Morgan fingerprint density at radius 1 is 1.21 bits per heavy atom. The van der Waals surface area contributed by atoms with Gasteiger partial charge >= 0.3 is 0 Å². The number of carbonyl (C=O) groups excluding carboxylic acids is 2. The summed E-state index contributed by atoms with van der Waals surface area (Å²) in [6.45, 7) is 7.05. The van der Waals surface area contributed by atoms with E-state index in [1.807, 2.05) is 6.92 Å². The van der Waals surface area contributed by atoms with Crippen molar-refractivity contribution < 1.29 is 9.59 Å². The largest absolute Gasteiger partial charge is 0.359 e. The molecule has 0 fully saturated rings. The molecule has 0 saturated carbocycles. The summed E-state index contributed by atoms with van der Waals surface area (Å²) in [5, 5.41) is 4.97.